The molecule has 1 unspecified atom stereocenters. The maximum Gasteiger partial charge on any atom is 0.0804 e. The van der Waals surface area contributed by atoms with Crippen LogP contribution in [-0.2, 0) is 0 Å². The van der Waals surface area contributed by atoms with E-state index in [1.165, 1.54) is 59.7 Å². The monoisotopic (exact) mass is 703 g/mol. The third-order valence-electron chi connectivity index (χ3n) is 11.0. The lowest BCUT2D eigenvalue weighted by molar-refractivity contribution is 0.767. The van der Waals surface area contributed by atoms with Gasteiger partial charge in [0.1, 0.15) is 0 Å². The lowest BCUT2D eigenvalue weighted by Crippen LogP contribution is -2.07. The number of aliphatic imine (C=N–C) groups is 1. The smallest absolute Gasteiger partial charge is 0.0804 e. The van der Waals surface area contributed by atoms with Gasteiger partial charge in [-0.15, -0.1) is 0 Å². The maximum atomic E-state index is 9.38. The third kappa shape index (κ3) is 5.87. The van der Waals surface area contributed by atoms with Crippen LogP contribution in [0.2, 0.25) is 0 Å². The van der Waals surface area contributed by atoms with Gasteiger partial charge in [0.25, 0.3) is 0 Å². The Bertz CT molecular complexity index is 3010. The normalized spacial score (nSPS) is 12.4. The highest BCUT2D eigenvalue weighted by Gasteiger charge is 2.17. The Labute approximate surface area is 320 Å². The number of hydrogen-bond donors (Lipinski definition) is 1. The summed E-state index contributed by atoms with van der Waals surface area (Å²) in [5.41, 5.74) is 9.41. The summed E-state index contributed by atoms with van der Waals surface area (Å²) >= 11 is 0. The van der Waals surface area contributed by atoms with Crippen molar-refractivity contribution in [2.45, 2.75) is 12.5 Å². The molecule has 3 nitrogen and oxygen atoms in total. The van der Waals surface area contributed by atoms with E-state index in [1.807, 2.05) is 6.07 Å². The van der Waals surface area contributed by atoms with Gasteiger partial charge in [-0.3, -0.25) is 4.99 Å². The fourth-order valence-corrected chi connectivity index (χ4v) is 8.27. The second-order valence-corrected chi connectivity index (χ2v) is 14.3. The number of fused-ring (bicyclic) bond motifs is 7. The average Bonchev–Trinajstić information content (AvgIpc) is 3.59. The summed E-state index contributed by atoms with van der Waals surface area (Å²) in [6.45, 7) is 0. The molecule has 10 rings (SSSR count). The molecule has 0 aliphatic carbocycles. The fourth-order valence-electron chi connectivity index (χ4n) is 8.27. The Kier molecular flexibility index (Phi) is 8.11. The van der Waals surface area contributed by atoms with E-state index < -0.39 is 0 Å². The van der Waals surface area contributed by atoms with Crippen LogP contribution < -0.4 is 0 Å². The van der Waals surface area contributed by atoms with Crippen molar-refractivity contribution in [3.8, 4) is 16.8 Å². The first-order valence-corrected chi connectivity index (χ1v) is 18.9. The molecule has 3 heteroatoms. The van der Waals surface area contributed by atoms with Crippen LogP contribution >= 0.6 is 0 Å². The molecule has 9 aromatic carbocycles. The van der Waals surface area contributed by atoms with Crippen LogP contribution in [0.3, 0.4) is 0 Å². The van der Waals surface area contributed by atoms with Gasteiger partial charge in [-0.05, 0) is 84.9 Å². The molecule has 0 bridgehead atoms. The topological polar surface area (TPSA) is 41.1 Å². The Morgan fingerprint density at radius 2 is 1.07 bits per heavy atom. The molecular weight excluding hydrogens is 667 g/mol. The summed E-state index contributed by atoms with van der Waals surface area (Å²) in [5, 5.41) is 19.1. The molecule has 0 aliphatic rings. The van der Waals surface area contributed by atoms with Gasteiger partial charge < -0.3 is 9.98 Å². The Balaban J connectivity index is 1.07. The van der Waals surface area contributed by atoms with Crippen molar-refractivity contribution in [3.63, 3.8) is 0 Å². The number of hydrogen-bond acceptors (Lipinski definition) is 2. The molecule has 1 atom stereocenters. The van der Waals surface area contributed by atoms with Crippen LogP contribution in [0.5, 0.6) is 0 Å². The quantitative estimate of drug-likeness (QED) is 0.0930. The van der Waals surface area contributed by atoms with Gasteiger partial charge >= 0.3 is 0 Å². The van der Waals surface area contributed by atoms with Crippen molar-refractivity contribution in [1.29, 1.82) is 5.41 Å². The van der Waals surface area contributed by atoms with Crippen LogP contribution in [0.25, 0.3) is 70.9 Å². The SMILES string of the molecule is N=C(CC(N=Cc1c2ccccc2cc2c1ccc1ccccc12)c1ccc(-n2c3ccccc3c3ccccc32)cc1)c1ccc(-c2ccccc2)cc1. The summed E-state index contributed by atoms with van der Waals surface area (Å²) in [7, 11) is 0. The molecule has 0 amide bonds. The lowest BCUT2D eigenvalue weighted by Gasteiger charge is -2.17. The molecule has 1 heterocycles. The molecule has 260 valence electrons. The molecule has 1 N–H and O–H groups in total. The van der Waals surface area contributed by atoms with Gasteiger partial charge in [-0.25, -0.2) is 0 Å². The van der Waals surface area contributed by atoms with Gasteiger partial charge in [0.15, 0.2) is 0 Å². The first-order chi connectivity index (χ1) is 27.2. The highest BCUT2D eigenvalue weighted by molar-refractivity contribution is 6.20. The number of nitrogens with one attached hydrogen (secondary N) is 1. The standard InChI is InChI=1S/C52H37N3/c53-49(38-24-22-36(23-25-38)35-12-2-1-3-13-35)33-50(39-26-29-41(30-27-39)55-51-20-10-8-18-45(51)46-19-9-11-21-52(46)55)54-34-48-43-17-7-5-15-40(43)32-47-42-16-6-4-14-37(42)28-31-44(47)48/h1-32,34,50,53H,33H2. The Morgan fingerprint density at radius 3 is 1.78 bits per heavy atom. The van der Waals surface area contributed by atoms with Crippen molar-refractivity contribution in [3.05, 3.63) is 211 Å². The predicted molar refractivity (Wildman–Crippen MR) is 233 cm³/mol. The minimum absolute atomic E-state index is 0.275. The molecular formula is C52H37N3. The molecule has 0 spiro atoms. The summed E-state index contributed by atoms with van der Waals surface area (Å²) in [6, 6.07) is 68.4. The molecule has 0 radical (unpaired) electrons. The molecule has 0 aliphatic heterocycles. The summed E-state index contributed by atoms with van der Waals surface area (Å²) in [4.78, 5) is 5.39. The zero-order chi connectivity index (χ0) is 36.7. The second-order valence-electron chi connectivity index (χ2n) is 14.3. The maximum absolute atomic E-state index is 9.38. The van der Waals surface area contributed by atoms with E-state index in [-0.39, 0.29) is 6.04 Å². The first kappa shape index (κ1) is 32.5. The van der Waals surface area contributed by atoms with E-state index in [1.54, 1.807) is 0 Å². The molecule has 55 heavy (non-hydrogen) atoms. The van der Waals surface area contributed by atoms with Gasteiger partial charge in [0.05, 0.1) is 17.1 Å². The first-order valence-electron chi connectivity index (χ1n) is 18.9. The van der Waals surface area contributed by atoms with E-state index in [0.29, 0.717) is 12.1 Å². The summed E-state index contributed by atoms with van der Waals surface area (Å²) < 4.78 is 2.34. The molecule has 0 saturated heterocycles. The third-order valence-corrected chi connectivity index (χ3v) is 11.0. The van der Waals surface area contributed by atoms with Crippen molar-refractivity contribution >= 4 is 66.0 Å². The number of para-hydroxylation sites is 2. The van der Waals surface area contributed by atoms with E-state index in [2.05, 4.69) is 199 Å². The molecule has 10 aromatic rings. The minimum atomic E-state index is -0.275. The fraction of sp³-hybridized carbons (Fsp3) is 0.0385. The molecule has 0 saturated carbocycles. The molecule has 0 fully saturated rings. The lowest BCUT2D eigenvalue weighted by atomic mass is 9.93. The Hall–Kier alpha value is -7.10. The van der Waals surface area contributed by atoms with E-state index >= 15 is 0 Å². The van der Waals surface area contributed by atoms with Gasteiger partial charge in [-0.1, -0.05) is 164 Å². The van der Waals surface area contributed by atoms with Crippen LogP contribution in [-0.4, -0.2) is 16.5 Å². The van der Waals surface area contributed by atoms with Gasteiger partial charge in [0, 0.05) is 40.4 Å². The van der Waals surface area contributed by atoms with Crippen molar-refractivity contribution in [1.82, 2.24) is 4.57 Å². The predicted octanol–water partition coefficient (Wildman–Crippen LogP) is 13.5. The van der Waals surface area contributed by atoms with Crippen molar-refractivity contribution < 1.29 is 0 Å². The largest absolute Gasteiger partial charge is 0.309 e. The van der Waals surface area contributed by atoms with Crippen LogP contribution in [0.4, 0.5) is 0 Å². The van der Waals surface area contributed by atoms with Crippen molar-refractivity contribution in [2.24, 2.45) is 4.99 Å². The Morgan fingerprint density at radius 1 is 0.491 bits per heavy atom. The van der Waals surface area contributed by atoms with Crippen molar-refractivity contribution in [2.75, 3.05) is 0 Å². The number of nitrogens with zero attached hydrogens (tertiary/aromatic N) is 2. The van der Waals surface area contributed by atoms with Crippen LogP contribution in [0.15, 0.2) is 199 Å². The van der Waals surface area contributed by atoms with E-state index in [4.69, 9.17) is 4.99 Å². The van der Waals surface area contributed by atoms with Gasteiger partial charge in [0.2, 0.25) is 0 Å². The van der Waals surface area contributed by atoms with E-state index in [0.717, 1.165) is 27.9 Å². The van der Waals surface area contributed by atoms with Crippen LogP contribution in [0.1, 0.15) is 29.2 Å². The number of benzene rings is 9. The minimum Gasteiger partial charge on any atom is -0.309 e. The second kappa shape index (κ2) is 13.7. The van der Waals surface area contributed by atoms with Gasteiger partial charge in [-0.2, -0.15) is 0 Å². The summed E-state index contributed by atoms with van der Waals surface area (Å²) in [6.07, 6.45) is 2.53. The number of aromatic nitrogens is 1. The number of rotatable bonds is 8. The average molecular weight is 704 g/mol. The highest BCUT2D eigenvalue weighted by atomic mass is 15.0. The summed E-state index contributed by atoms with van der Waals surface area (Å²) in [5.74, 6) is 0. The zero-order valence-electron chi connectivity index (χ0n) is 30.2. The van der Waals surface area contributed by atoms with E-state index in [9.17, 15) is 5.41 Å². The highest BCUT2D eigenvalue weighted by Crippen LogP contribution is 2.35. The molecule has 1 aromatic heterocycles. The zero-order valence-corrected chi connectivity index (χ0v) is 30.2. The van der Waals surface area contributed by atoms with Crippen LogP contribution in [0, 0.1) is 5.41 Å².